The second-order valence-corrected chi connectivity index (χ2v) is 33.8. The summed E-state index contributed by atoms with van der Waals surface area (Å²) in [7, 11) is 0. The molecule has 130 heavy (non-hydrogen) atoms. The third-order valence-corrected chi connectivity index (χ3v) is 26.6. The maximum atomic E-state index is 7.44. The second-order valence-electron chi connectivity index (χ2n) is 33.8. The molecule has 0 unspecified atom stereocenters. The molecule has 0 aliphatic carbocycles. The van der Waals surface area contributed by atoms with Gasteiger partial charge in [-0.05, 0) is 186 Å². The summed E-state index contributed by atoms with van der Waals surface area (Å²) in [6, 6.07) is 141. The molecule has 8 heterocycles. The van der Waals surface area contributed by atoms with Crippen molar-refractivity contribution in [2.24, 2.45) is 0 Å². The Bertz CT molecular complexity index is 9620. The summed E-state index contributed by atoms with van der Waals surface area (Å²) in [5, 5.41) is 20.8. The quantitative estimate of drug-likeness (QED) is 0.123. The summed E-state index contributed by atoms with van der Waals surface area (Å²) < 4.78 is 33.5. The Kier molecular flexibility index (Phi) is 15.4. The number of nitrogens with zero attached hydrogens (tertiary/aromatic N) is 8. The van der Waals surface area contributed by atoms with Crippen molar-refractivity contribution in [2.75, 3.05) is 0 Å². The van der Waals surface area contributed by atoms with Gasteiger partial charge in [0.2, 0.25) is 0 Å². The van der Waals surface area contributed by atoms with Crippen molar-refractivity contribution < 1.29 is 17.7 Å². The minimum Gasteiger partial charge on any atom is -0.456 e. The molecule has 0 amide bonds. The SMILES string of the molecule is c1ccc(-c2ccc(-c3nc(-c4cccc5c4oc4cccc(-c6ccc(-c7nc(-c8cccc(-c9ccccc9)c8)nc(-c8c(-n9c%10cc%11ccccc%11cc%10c%10cc%11ccccc%11cc%109)ccc9oc%10ccccc%10c89)n7)c7oc8ccccc8c67)c45)nc(-c4c(-n5c6cc7ccccc7cc6c6c7ccccc7ccc65)ccc5oc6ccccc6c45)n3)cc2)cc1. The van der Waals surface area contributed by atoms with Crippen LogP contribution >= 0.6 is 0 Å². The molecule has 602 valence electrons. The molecule has 0 saturated heterocycles. The number of furan rings is 4. The van der Waals surface area contributed by atoms with Gasteiger partial charge in [0.05, 0.1) is 55.7 Å². The minimum absolute atomic E-state index is 0.414. The van der Waals surface area contributed by atoms with E-state index in [1.165, 1.54) is 0 Å². The maximum Gasteiger partial charge on any atom is 0.167 e. The highest BCUT2D eigenvalue weighted by Crippen LogP contribution is 2.52. The van der Waals surface area contributed by atoms with Crippen LogP contribution in [-0.2, 0) is 0 Å². The smallest absolute Gasteiger partial charge is 0.167 e. The summed E-state index contributed by atoms with van der Waals surface area (Å²) in [6.07, 6.45) is 0. The molecule has 0 N–H and O–H groups in total. The number of rotatable bonds is 11. The average Bonchev–Trinajstić information content (AvgIpc) is 1.55. The van der Waals surface area contributed by atoms with Gasteiger partial charge in [0, 0.05) is 75.8 Å². The molecule has 12 heteroatoms. The number of benzene rings is 20. The molecule has 0 radical (unpaired) electrons. The minimum atomic E-state index is 0.414. The monoisotopic (exact) mass is 1660 g/mol. The van der Waals surface area contributed by atoms with E-state index in [4.69, 9.17) is 47.6 Å². The van der Waals surface area contributed by atoms with Crippen molar-refractivity contribution in [3.8, 4) is 113 Å². The van der Waals surface area contributed by atoms with E-state index >= 15 is 0 Å². The summed E-state index contributed by atoms with van der Waals surface area (Å²) in [4.78, 5) is 34.5. The highest BCUT2D eigenvalue weighted by atomic mass is 16.3. The molecular weight excluding hydrogens is 1590 g/mol. The maximum absolute atomic E-state index is 7.44. The van der Waals surface area contributed by atoms with E-state index in [2.05, 4.69) is 361 Å². The molecule has 0 spiro atoms. The fourth-order valence-corrected chi connectivity index (χ4v) is 20.7. The Labute approximate surface area is 739 Å². The highest BCUT2D eigenvalue weighted by molar-refractivity contribution is 6.27. The van der Waals surface area contributed by atoms with Crippen LogP contribution in [0.1, 0.15) is 0 Å². The predicted molar refractivity (Wildman–Crippen MR) is 530 cm³/mol. The van der Waals surface area contributed by atoms with Gasteiger partial charge in [-0.2, -0.15) is 0 Å². The number of para-hydroxylation sites is 4. The molecule has 28 aromatic rings. The molecular formula is C118H66N8O4. The van der Waals surface area contributed by atoms with Crippen LogP contribution in [0, 0.1) is 0 Å². The second kappa shape index (κ2) is 27.9. The zero-order chi connectivity index (χ0) is 84.9. The first-order valence-electron chi connectivity index (χ1n) is 43.8. The summed E-state index contributed by atoms with van der Waals surface area (Å²) in [5.41, 5.74) is 22.0. The Morgan fingerprint density at radius 3 is 1.15 bits per heavy atom. The van der Waals surface area contributed by atoms with Gasteiger partial charge in [-0.15, -0.1) is 0 Å². The molecule has 0 saturated carbocycles. The summed E-state index contributed by atoms with van der Waals surface area (Å²) >= 11 is 0. The molecule has 0 atom stereocenters. The highest BCUT2D eigenvalue weighted by Gasteiger charge is 2.32. The molecule has 8 aromatic heterocycles. The first kappa shape index (κ1) is 71.7. The van der Waals surface area contributed by atoms with Crippen LogP contribution in [0.3, 0.4) is 0 Å². The Morgan fingerprint density at radius 2 is 0.546 bits per heavy atom. The van der Waals surface area contributed by atoms with Crippen LogP contribution in [0.4, 0.5) is 0 Å². The number of hydrogen-bond donors (Lipinski definition) is 0. The van der Waals surface area contributed by atoms with Gasteiger partial charge < -0.3 is 26.8 Å². The number of aromatic nitrogens is 8. The van der Waals surface area contributed by atoms with E-state index in [0.29, 0.717) is 79.6 Å². The van der Waals surface area contributed by atoms with Crippen LogP contribution < -0.4 is 0 Å². The Hall–Kier alpha value is -17.7. The van der Waals surface area contributed by atoms with Gasteiger partial charge in [0.15, 0.2) is 34.9 Å². The van der Waals surface area contributed by atoms with Crippen LogP contribution in [0.5, 0.6) is 0 Å². The lowest BCUT2D eigenvalue weighted by atomic mass is 9.93. The fourth-order valence-electron chi connectivity index (χ4n) is 20.7. The standard InChI is InChI=1S/C118H66N8O4/c1-3-24-67(25-4-1)69-48-50-71(51-49-69)113-119-115(123-117(121-113)109-93(56-58-102-107(109)84-39-16-18-44-98(84)127-102)125-92-55-52-70-28-13-14-37-80(70)104(92)91-63-75-31-9-12-34-78(75)66-97(91)125)87-43-22-42-86-105-81(41-23-47-101(105)130-111(86)87)82-53-54-88(112-106(82)83-38-15-20-46-100(83)129-112)116-120-114(79-36-21-35-72(60-79)68-26-5-2-6-27-68)122-118(124-116)110-94(57-59-103-108(110)85-40-17-19-45-99(85)128-103)126-95-64-76-32-10-7-29-73(76)61-89(95)90-62-74-30-8-11-33-77(74)65-96(90)126/h1-66H. The van der Waals surface area contributed by atoms with Crippen LogP contribution in [-0.4, -0.2) is 39.0 Å². The summed E-state index contributed by atoms with van der Waals surface area (Å²) in [5.74, 6) is 2.69. The third-order valence-electron chi connectivity index (χ3n) is 26.6. The first-order valence-corrected chi connectivity index (χ1v) is 43.8. The molecule has 28 rings (SSSR count). The summed E-state index contributed by atoms with van der Waals surface area (Å²) in [6.45, 7) is 0. The van der Waals surface area contributed by atoms with Gasteiger partial charge in [-0.25, -0.2) is 29.9 Å². The molecule has 20 aromatic carbocycles. The van der Waals surface area contributed by atoms with Crippen molar-refractivity contribution in [2.45, 2.75) is 0 Å². The lowest BCUT2D eigenvalue weighted by Gasteiger charge is -2.16. The van der Waals surface area contributed by atoms with Gasteiger partial charge in [-0.3, -0.25) is 0 Å². The third kappa shape index (κ3) is 10.9. The normalized spacial score (nSPS) is 12.2. The zero-order valence-corrected chi connectivity index (χ0v) is 69.3. The lowest BCUT2D eigenvalue weighted by molar-refractivity contribution is 0.668. The van der Waals surface area contributed by atoms with Crippen LogP contribution in [0.2, 0.25) is 0 Å². The molecule has 0 aliphatic rings. The van der Waals surface area contributed by atoms with E-state index < -0.39 is 0 Å². The Balaban J connectivity index is 0.668. The fraction of sp³-hybridized carbons (Fsp3) is 0. The first-order chi connectivity index (χ1) is 64.4. The van der Waals surface area contributed by atoms with E-state index in [9.17, 15) is 0 Å². The van der Waals surface area contributed by atoms with E-state index in [0.717, 1.165) is 208 Å². The number of fused-ring (bicyclic) bond motifs is 23. The van der Waals surface area contributed by atoms with E-state index in [-0.39, 0.29) is 0 Å². The molecule has 0 fully saturated rings. The molecule has 0 aliphatic heterocycles. The lowest BCUT2D eigenvalue weighted by Crippen LogP contribution is -2.04. The van der Waals surface area contributed by atoms with Crippen molar-refractivity contribution in [1.29, 1.82) is 0 Å². The van der Waals surface area contributed by atoms with E-state index in [1.54, 1.807) is 0 Å². The largest absolute Gasteiger partial charge is 0.456 e. The zero-order valence-electron chi connectivity index (χ0n) is 69.3. The molecule has 0 bridgehead atoms. The van der Waals surface area contributed by atoms with Crippen LogP contribution in [0.25, 0.3) is 288 Å². The van der Waals surface area contributed by atoms with Gasteiger partial charge in [0.1, 0.15) is 44.7 Å². The average molecular weight is 1660 g/mol. The van der Waals surface area contributed by atoms with E-state index in [1.807, 2.05) is 48.5 Å². The van der Waals surface area contributed by atoms with Crippen molar-refractivity contribution in [3.05, 3.63) is 400 Å². The number of hydrogen-bond acceptors (Lipinski definition) is 10. The van der Waals surface area contributed by atoms with Crippen molar-refractivity contribution in [1.82, 2.24) is 39.0 Å². The topological polar surface area (TPSA) is 140 Å². The molecule has 12 nitrogen and oxygen atoms in total. The van der Waals surface area contributed by atoms with Crippen molar-refractivity contribution >= 4 is 174 Å². The van der Waals surface area contributed by atoms with Gasteiger partial charge in [0.25, 0.3) is 0 Å². The van der Waals surface area contributed by atoms with Gasteiger partial charge in [-0.1, -0.05) is 291 Å². The van der Waals surface area contributed by atoms with Gasteiger partial charge >= 0.3 is 0 Å². The van der Waals surface area contributed by atoms with Crippen molar-refractivity contribution in [3.63, 3.8) is 0 Å². The van der Waals surface area contributed by atoms with Crippen LogP contribution in [0.15, 0.2) is 418 Å². The Morgan fingerprint density at radius 1 is 0.169 bits per heavy atom. The predicted octanol–water partition coefficient (Wildman–Crippen LogP) is 31.5.